The summed E-state index contributed by atoms with van der Waals surface area (Å²) in [5, 5.41) is 3.23. The lowest BCUT2D eigenvalue weighted by Gasteiger charge is -2.26. The molecule has 0 aliphatic rings. The molecule has 96 valence electrons. The van der Waals surface area contributed by atoms with Crippen LogP contribution in [0.5, 0.6) is 0 Å². The van der Waals surface area contributed by atoms with Crippen LogP contribution in [0, 0.1) is 12.7 Å². The highest BCUT2D eigenvalue weighted by molar-refractivity contribution is 5.26. The van der Waals surface area contributed by atoms with Crippen LogP contribution in [0.15, 0.2) is 18.2 Å². The van der Waals surface area contributed by atoms with Gasteiger partial charge in [-0.25, -0.2) is 4.39 Å². The average Bonchev–Trinajstić information content (AvgIpc) is 2.33. The van der Waals surface area contributed by atoms with Gasteiger partial charge in [-0.1, -0.05) is 19.1 Å². The van der Waals surface area contributed by atoms with Gasteiger partial charge < -0.3 is 14.8 Å². The van der Waals surface area contributed by atoms with E-state index in [1.165, 1.54) is 6.07 Å². The minimum Gasteiger partial charge on any atom is -0.354 e. The molecule has 1 aromatic carbocycles. The molecule has 4 heteroatoms. The van der Waals surface area contributed by atoms with Gasteiger partial charge in [-0.2, -0.15) is 0 Å². The SMILES string of the molecule is CCNC(c1ccc(C)c(F)c1)C(OC)OC. The molecule has 17 heavy (non-hydrogen) atoms. The molecule has 0 aliphatic heterocycles. The number of likely N-dealkylation sites (N-methyl/N-ethyl adjacent to an activating group) is 1. The molecule has 0 fully saturated rings. The molecule has 0 heterocycles. The third-order valence-corrected chi connectivity index (χ3v) is 2.72. The first-order valence-electron chi connectivity index (χ1n) is 5.69. The van der Waals surface area contributed by atoms with Crippen LogP contribution in [-0.2, 0) is 9.47 Å². The summed E-state index contributed by atoms with van der Waals surface area (Å²) in [6, 6.07) is 4.99. The fourth-order valence-corrected chi connectivity index (χ4v) is 1.76. The molecule has 0 aliphatic carbocycles. The first-order valence-corrected chi connectivity index (χ1v) is 5.69. The maximum atomic E-state index is 13.5. The van der Waals surface area contributed by atoms with E-state index in [1.54, 1.807) is 27.2 Å². The lowest BCUT2D eigenvalue weighted by Crippen LogP contribution is -2.34. The fourth-order valence-electron chi connectivity index (χ4n) is 1.76. The van der Waals surface area contributed by atoms with Crippen LogP contribution in [0.3, 0.4) is 0 Å². The van der Waals surface area contributed by atoms with Crippen molar-refractivity contribution in [2.75, 3.05) is 20.8 Å². The maximum Gasteiger partial charge on any atom is 0.176 e. The number of rotatable bonds is 6. The van der Waals surface area contributed by atoms with Gasteiger partial charge in [-0.3, -0.25) is 0 Å². The van der Waals surface area contributed by atoms with E-state index in [1.807, 2.05) is 13.0 Å². The van der Waals surface area contributed by atoms with Crippen LogP contribution >= 0.6 is 0 Å². The summed E-state index contributed by atoms with van der Waals surface area (Å²) in [6.07, 6.45) is -0.433. The lowest BCUT2D eigenvalue weighted by atomic mass is 10.0. The quantitative estimate of drug-likeness (QED) is 0.776. The van der Waals surface area contributed by atoms with Gasteiger partial charge in [0.05, 0.1) is 6.04 Å². The van der Waals surface area contributed by atoms with Crippen LogP contribution in [-0.4, -0.2) is 27.1 Å². The minimum atomic E-state index is -0.433. The summed E-state index contributed by atoms with van der Waals surface area (Å²) in [5.74, 6) is -0.212. The van der Waals surface area contributed by atoms with E-state index in [4.69, 9.17) is 9.47 Å². The molecule has 1 atom stereocenters. The third kappa shape index (κ3) is 3.49. The van der Waals surface area contributed by atoms with Crippen molar-refractivity contribution in [2.45, 2.75) is 26.2 Å². The van der Waals surface area contributed by atoms with Crippen molar-refractivity contribution in [1.29, 1.82) is 0 Å². The monoisotopic (exact) mass is 241 g/mol. The number of halogens is 1. The molecule has 0 radical (unpaired) electrons. The van der Waals surface area contributed by atoms with Crippen molar-refractivity contribution >= 4 is 0 Å². The molecule has 1 aromatic rings. The summed E-state index contributed by atoms with van der Waals surface area (Å²) in [6.45, 7) is 4.48. The van der Waals surface area contributed by atoms with Gasteiger partial charge in [-0.05, 0) is 30.7 Å². The highest BCUT2D eigenvalue weighted by atomic mass is 19.1. The van der Waals surface area contributed by atoms with E-state index in [0.29, 0.717) is 5.56 Å². The van der Waals surface area contributed by atoms with Crippen molar-refractivity contribution in [3.8, 4) is 0 Å². The van der Waals surface area contributed by atoms with Crippen molar-refractivity contribution in [1.82, 2.24) is 5.32 Å². The highest BCUT2D eigenvalue weighted by Crippen LogP contribution is 2.21. The van der Waals surface area contributed by atoms with Crippen molar-refractivity contribution < 1.29 is 13.9 Å². The Hall–Kier alpha value is -0.970. The first kappa shape index (κ1) is 14.1. The van der Waals surface area contributed by atoms with Crippen molar-refractivity contribution in [2.24, 2.45) is 0 Å². The third-order valence-electron chi connectivity index (χ3n) is 2.72. The van der Waals surface area contributed by atoms with Gasteiger partial charge in [0.1, 0.15) is 5.82 Å². The first-order chi connectivity index (χ1) is 8.13. The summed E-state index contributed by atoms with van der Waals surface area (Å²) < 4.78 is 24.0. The Kier molecular flexibility index (Phi) is 5.55. The number of hydrogen-bond acceptors (Lipinski definition) is 3. The summed E-state index contributed by atoms with van der Waals surface area (Å²) >= 11 is 0. The average molecular weight is 241 g/mol. The Balaban J connectivity index is 2.99. The largest absolute Gasteiger partial charge is 0.354 e. The van der Waals surface area contributed by atoms with E-state index >= 15 is 0 Å². The van der Waals surface area contributed by atoms with Gasteiger partial charge in [0.25, 0.3) is 0 Å². The second-order valence-corrected chi connectivity index (χ2v) is 3.88. The lowest BCUT2D eigenvalue weighted by molar-refractivity contribution is -0.124. The molecule has 1 N–H and O–H groups in total. The zero-order valence-electron chi connectivity index (χ0n) is 10.8. The molecule has 0 saturated carbocycles. The number of nitrogens with one attached hydrogen (secondary N) is 1. The normalized spacial score (nSPS) is 13.1. The van der Waals surface area contributed by atoms with Gasteiger partial charge in [0, 0.05) is 14.2 Å². The molecule has 3 nitrogen and oxygen atoms in total. The Bertz CT molecular complexity index is 353. The molecular weight excluding hydrogens is 221 g/mol. The van der Waals surface area contributed by atoms with Crippen molar-refractivity contribution in [3.63, 3.8) is 0 Å². The van der Waals surface area contributed by atoms with E-state index in [0.717, 1.165) is 12.1 Å². The van der Waals surface area contributed by atoms with Crippen LogP contribution in [0.2, 0.25) is 0 Å². The van der Waals surface area contributed by atoms with Gasteiger partial charge in [0.2, 0.25) is 0 Å². The van der Waals surface area contributed by atoms with Crippen molar-refractivity contribution in [3.05, 3.63) is 35.1 Å². The van der Waals surface area contributed by atoms with Crippen LogP contribution in [0.4, 0.5) is 4.39 Å². The topological polar surface area (TPSA) is 30.5 Å². The Morgan fingerprint density at radius 2 is 1.94 bits per heavy atom. The molecule has 0 aromatic heterocycles. The van der Waals surface area contributed by atoms with Crippen LogP contribution in [0.25, 0.3) is 0 Å². The van der Waals surface area contributed by atoms with Gasteiger partial charge in [0.15, 0.2) is 6.29 Å². The van der Waals surface area contributed by atoms with Gasteiger partial charge in [-0.15, -0.1) is 0 Å². The smallest absolute Gasteiger partial charge is 0.176 e. The molecule has 0 spiro atoms. The second kappa shape index (κ2) is 6.69. The number of methoxy groups -OCH3 is 2. The maximum absolute atomic E-state index is 13.5. The fraction of sp³-hybridized carbons (Fsp3) is 0.538. The van der Waals surface area contributed by atoms with E-state index in [9.17, 15) is 4.39 Å². The Morgan fingerprint density at radius 3 is 2.41 bits per heavy atom. The molecule has 0 bridgehead atoms. The minimum absolute atomic E-state index is 0.176. The van der Waals surface area contributed by atoms with Crippen LogP contribution in [0.1, 0.15) is 24.1 Å². The van der Waals surface area contributed by atoms with E-state index < -0.39 is 6.29 Å². The Morgan fingerprint density at radius 1 is 1.29 bits per heavy atom. The summed E-state index contributed by atoms with van der Waals surface area (Å²) in [5.41, 5.74) is 1.46. The number of ether oxygens (including phenoxy) is 2. The standard InChI is InChI=1S/C13H20FNO2/c1-5-15-12(13(16-3)17-4)10-7-6-9(2)11(14)8-10/h6-8,12-13,15H,5H2,1-4H3. The zero-order valence-corrected chi connectivity index (χ0v) is 10.8. The zero-order chi connectivity index (χ0) is 12.8. The van der Waals surface area contributed by atoms with E-state index in [-0.39, 0.29) is 11.9 Å². The molecule has 0 saturated heterocycles. The highest BCUT2D eigenvalue weighted by Gasteiger charge is 2.22. The van der Waals surface area contributed by atoms with Gasteiger partial charge >= 0.3 is 0 Å². The number of hydrogen-bond donors (Lipinski definition) is 1. The molecule has 1 unspecified atom stereocenters. The number of benzene rings is 1. The summed E-state index contributed by atoms with van der Waals surface area (Å²) in [7, 11) is 3.14. The van der Waals surface area contributed by atoms with Crippen LogP contribution < -0.4 is 5.32 Å². The second-order valence-electron chi connectivity index (χ2n) is 3.88. The predicted octanol–water partition coefficient (Wildman–Crippen LogP) is 2.40. The summed E-state index contributed by atoms with van der Waals surface area (Å²) in [4.78, 5) is 0. The molecule has 1 rings (SSSR count). The Labute approximate surface area is 102 Å². The molecular formula is C13H20FNO2. The van der Waals surface area contributed by atoms with E-state index in [2.05, 4.69) is 5.32 Å². The predicted molar refractivity (Wildman–Crippen MR) is 65.4 cm³/mol. The molecule has 0 amide bonds. The number of aryl methyl sites for hydroxylation is 1.